The van der Waals surface area contributed by atoms with Gasteiger partial charge in [0.1, 0.15) is 5.60 Å². The van der Waals surface area contributed by atoms with Gasteiger partial charge in [0.05, 0.1) is 11.1 Å². The lowest BCUT2D eigenvalue weighted by Gasteiger charge is -2.35. The van der Waals surface area contributed by atoms with Crippen LogP contribution < -0.4 is 5.73 Å². The molecule has 1 aromatic carbocycles. The van der Waals surface area contributed by atoms with Gasteiger partial charge >= 0.3 is 12.1 Å². The van der Waals surface area contributed by atoms with E-state index in [2.05, 4.69) is 0 Å². The van der Waals surface area contributed by atoms with E-state index in [1.54, 1.807) is 20.8 Å². The van der Waals surface area contributed by atoms with Crippen LogP contribution in [0.15, 0.2) is 18.2 Å². The molecule has 8 heteroatoms. The number of nitrogens with two attached hydrogens (primary N) is 1. The van der Waals surface area contributed by atoms with Crippen LogP contribution in [0.1, 0.15) is 41.5 Å². The van der Waals surface area contributed by atoms with Crippen LogP contribution >= 0.6 is 0 Å². The highest BCUT2D eigenvalue weighted by Gasteiger charge is 2.30. The van der Waals surface area contributed by atoms with Crippen LogP contribution in [-0.2, 0) is 4.74 Å². The van der Waals surface area contributed by atoms with Gasteiger partial charge in [-0.25, -0.2) is 9.59 Å². The monoisotopic (exact) mass is 349 g/mol. The van der Waals surface area contributed by atoms with E-state index < -0.39 is 23.6 Å². The fraction of sp³-hybridized carbons (Fsp3) is 0.471. The van der Waals surface area contributed by atoms with Crippen LogP contribution in [0.25, 0.3) is 0 Å². The number of carboxylic acid groups (broad SMARTS) is 1. The van der Waals surface area contributed by atoms with Gasteiger partial charge in [0.2, 0.25) is 0 Å². The molecule has 8 nitrogen and oxygen atoms in total. The lowest BCUT2D eigenvalue weighted by atomic mass is 10.0. The van der Waals surface area contributed by atoms with Crippen LogP contribution in [0.5, 0.6) is 0 Å². The van der Waals surface area contributed by atoms with Gasteiger partial charge in [-0.05, 0) is 32.9 Å². The van der Waals surface area contributed by atoms with Crippen LogP contribution in [0.2, 0.25) is 0 Å². The molecule has 0 aliphatic carbocycles. The summed E-state index contributed by atoms with van der Waals surface area (Å²) >= 11 is 0. The van der Waals surface area contributed by atoms with Gasteiger partial charge in [0.25, 0.3) is 5.91 Å². The summed E-state index contributed by atoms with van der Waals surface area (Å²) in [5.74, 6) is -1.65. The summed E-state index contributed by atoms with van der Waals surface area (Å²) in [6.45, 7) is 6.56. The fourth-order valence-electron chi connectivity index (χ4n) is 2.56. The number of anilines is 1. The Labute approximate surface area is 146 Å². The topological polar surface area (TPSA) is 113 Å². The van der Waals surface area contributed by atoms with Gasteiger partial charge in [-0.3, -0.25) is 4.79 Å². The number of carbonyl (C=O) groups excluding carboxylic acids is 2. The number of carbonyl (C=O) groups is 3. The van der Waals surface area contributed by atoms with Gasteiger partial charge in [-0.1, -0.05) is 6.07 Å². The Balaban J connectivity index is 2.08. The number of amides is 2. The van der Waals surface area contributed by atoms with Crippen LogP contribution in [0.4, 0.5) is 10.5 Å². The number of piperazine rings is 1. The number of nitrogen functional groups attached to an aromatic ring is 1. The molecule has 1 fully saturated rings. The first-order chi connectivity index (χ1) is 11.6. The van der Waals surface area contributed by atoms with Gasteiger partial charge in [0.15, 0.2) is 0 Å². The number of aromatic carboxylic acids is 1. The van der Waals surface area contributed by atoms with Crippen LogP contribution in [-0.4, -0.2) is 64.7 Å². The molecular weight excluding hydrogens is 326 g/mol. The highest BCUT2D eigenvalue weighted by molar-refractivity contribution is 6.08. The molecule has 1 heterocycles. The fourth-order valence-corrected chi connectivity index (χ4v) is 2.56. The number of rotatable bonds is 2. The SMILES string of the molecule is CC(C)(C)OC(=O)N1CCN(C(=O)c2c(N)cccc2C(=O)O)CC1. The zero-order valence-electron chi connectivity index (χ0n) is 14.6. The first-order valence-corrected chi connectivity index (χ1v) is 7.99. The standard InChI is InChI=1S/C17H23N3O5/c1-17(2,3)25-16(24)20-9-7-19(8-10-20)14(21)13-11(15(22)23)5-4-6-12(13)18/h4-6H,7-10,18H2,1-3H3,(H,22,23). The van der Waals surface area contributed by atoms with Gasteiger partial charge in [0, 0.05) is 31.9 Å². The largest absolute Gasteiger partial charge is 0.478 e. The van der Waals surface area contributed by atoms with E-state index >= 15 is 0 Å². The predicted molar refractivity (Wildman–Crippen MR) is 91.5 cm³/mol. The molecule has 136 valence electrons. The highest BCUT2D eigenvalue weighted by Crippen LogP contribution is 2.21. The Kier molecular flexibility index (Phi) is 5.20. The van der Waals surface area contributed by atoms with E-state index in [1.807, 2.05) is 0 Å². The molecule has 0 bridgehead atoms. The van der Waals surface area contributed by atoms with E-state index in [4.69, 9.17) is 10.5 Å². The Morgan fingerprint density at radius 1 is 1.08 bits per heavy atom. The molecule has 2 rings (SSSR count). The number of nitrogens with zero attached hydrogens (tertiary/aromatic N) is 2. The minimum Gasteiger partial charge on any atom is -0.478 e. The molecule has 0 saturated carbocycles. The normalized spacial score (nSPS) is 15.0. The molecule has 2 amide bonds. The zero-order valence-corrected chi connectivity index (χ0v) is 14.6. The second-order valence-electron chi connectivity index (χ2n) is 6.83. The van der Waals surface area contributed by atoms with Crippen LogP contribution in [0, 0.1) is 0 Å². The molecule has 0 aromatic heterocycles. The summed E-state index contributed by atoms with van der Waals surface area (Å²) in [6, 6.07) is 4.34. The lowest BCUT2D eigenvalue weighted by molar-refractivity contribution is 0.0141. The van der Waals surface area contributed by atoms with E-state index in [9.17, 15) is 19.5 Å². The van der Waals surface area contributed by atoms with Crippen LogP contribution in [0.3, 0.4) is 0 Å². The Morgan fingerprint density at radius 2 is 1.64 bits per heavy atom. The Bertz CT molecular complexity index is 688. The van der Waals surface area contributed by atoms with Crippen molar-refractivity contribution in [3.8, 4) is 0 Å². The number of hydrogen-bond donors (Lipinski definition) is 2. The minimum atomic E-state index is -1.21. The van der Waals surface area contributed by atoms with Gasteiger partial charge < -0.3 is 25.4 Å². The predicted octanol–water partition coefficient (Wildman–Crippen LogP) is 1.66. The summed E-state index contributed by atoms with van der Waals surface area (Å²) in [5, 5.41) is 9.26. The lowest BCUT2D eigenvalue weighted by Crippen LogP contribution is -2.51. The molecule has 1 aliphatic heterocycles. The second kappa shape index (κ2) is 7.00. The van der Waals surface area contributed by atoms with Crippen molar-refractivity contribution >= 4 is 23.7 Å². The minimum absolute atomic E-state index is 0.0132. The number of benzene rings is 1. The molecule has 1 aromatic rings. The second-order valence-corrected chi connectivity index (χ2v) is 6.83. The molecule has 0 atom stereocenters. The first kappa shape index (κ1) is 18.6. The van der Waals surface area contributed by atoms with Gasteiger partial charge in [-0.15, -0.1) is 0 Å². The van der Waals surface area contributed by atoms with Crippen molar-refractivity contribution in [3.63, 3.8) is 0 Å². The summed E-state index contributed by atoms with van der Waals surface area (Å²) in [4.78, 5) is 39.1. The van der Waals surface area contributed by atoms with Gasteiger partial charge in [-0.2, -0.15) is 0 Å². The van der Waals surface area contributed by atoms with Crippen molar-refractivity contribution in [3.05, 3.63) is 29.3 Å². The third-order valence-corrected chi connectivity index (χ3v) is 3.76. The summed E-state index contributed by atoms with van der Waals surface area (Å²) < 4.78 is 5.31. The molecule has 25 heavy (non-hydrogen) atoms. The maximum atomic E-state index is 12.7. The van der Waals surface area contributed by atoms with E-state index in [1.165, 1.54) is 28.0 Å². The Hall–Kier alpha value is -2.77. The summed E-state index contributed by atoms with van der Waals surface area (Å²) in [7, 11) is 0. The number of carboxylic acids is 1. The van der Waals surface area contributed by atoms with Crippen molar-refractivity contribution in [2.75, 3.05) is 31.9 Å². The summed E-state index contributed by atoms with van der Waals surface area (Å²) in [6.07, 6.45) is -0.426. The molecular formula is C17H23N3O5. The third-order valence-electron chi connectivity index (χ3n) is 3.76. The highest BCUT2D eigenvalue weighted by atomic mass is 16.6. The molecule has 3 N–H and O–H groups in total. The van der Waals surface area contributed by atoms with E-state index in [-0.39, 0.29) is 29.9 Å². The van der Waals surface area contributed by atoms with Crippen molar-refractivity contribution < 1.29 is 24.2 Å². The summed E-state index contributed by atoms with van der Waals surface area (Å²) in [5.41, 5.74) is 5.22. The average molecular weight is 349 g/mol. The maximum Gasteiger partial charge on any atom is 0.410 e. The maximum absolute atomic E-state index is 12.7. The number of hydrogen-bond acceptors (Lipinski definition) is 5. The smallest absolute Gasteiger partial charge is 0.410 e. The van der Waals surface area contributed by atoms with Crippen molar-refractivity contribution in [2.45, 2.75) is 26.4 Å². The Morgan fingerprint density at radius 3 is 2.16 bits per heavy atom. The molecule has 0 radical (unpaired) electrons. The van der Waals surface area contributed by atoms with E-state index in [0.29, 0.717) is 13.1 Å². The molecule has 0 spiro atoms. The molecule has 1 aliphatic rings. The van der Waals surface area contributed by atoms with Crippen molar-refractivity contribution in [2.24, 2.45) is 0 Å². The average Bonchev–Trinajstić information content (AvgIpc) is 2.52. The zero-order chi connectivity index (χ0) is 18.8. The molecule has 0 unspecified atom stereocenters. The quantitative estimate of drug-likeness (QED) is 0.785. The van der Waals surface area contributed by atoms with Crippen molar-refractivity contribution in [1.29, 1.82) is 0 Å². The van der Waals surface area contributed by atoms with Crippen molar-refractivity contribution in [1.82, 2.24) is 9.80 Å². The van der Waals surface area contributed by atoms with E-state index in [0.717, 1.165) is 0 Å². The number of ether oxygens (including phenoxy) is 1. The molecule has 1 saturated heterocycles. The third kappa shape index (κ3) is 4.40. The first-order valence-electron chi connectivity index (χ1n) is 7.99.